The van der Waals surface area contributed by atoms with Crippen molar-refractivity contribution in [3.8, 4) is 17.2 Å². The van der Waals surface area contributed by atoms with Crippen LogP contribution in [-0.4, -0.2) is 26.7 Å². The summed E-state index contributed by atoms with van der Waals surface area (Å²) in [7, 11) is 3.17. The van der Waals surface area contributed by atoms with E-state index < -0.39 is 0 Å². The molecule has 0 aliphatic carbocycles. The average molecular weight is 394 g/mol. The number of rotatable bonds is 7. The van der Waals surface area contributed by atoms with Crippen molar-refractivity contribution in [2.24, 2.45) is 0 Å². The Kier molecular flexibility index (Phi) is 6.49. The quantitative estimate of drug-likeness (QED) is 0.778. The number of carbonyl (C=O) groups excluding carboxylic acids is 1. The van der Waals surface area contributed by atoms with E-state index >= 15 is 0 Å². The molecule has 0 bridgehead atoms. The molecule has 2 aromatic carbocycles. The Balaban J connectivity index is 1.92. The highest BCUT2D eigenvalue weighted by Crippen LogP contribution is 2.29. The van der Waals surface area contributed by atoms with E-state index in [0.29, 0.717) is 17.2 Å². The number of ether oxygens (including phenoxy) is 3. The Bertz CT molecular complexity index is 688. The van der Waals surface area contributed by atoms with Gasteiger partial charge in [0.25, 0.3) is 5.91 Å². The topological polar surface area (TPSA) is 56.8 Å². The molecule has 2 rings (SSSR count). The van der Waals surface area contributed by atoms with Crippen LogP contribution in [-0.2, 0) is 4.79 Å². The lowest BCUT2D eigenvalue weighted by atomic mass is 10.1. The summed E-state index contributed by atoms with van der Waals surface area (Å²) in [5, 5.41) is 2.90. The second-order valence-electron chi connectivity index (χ2n) is 5.15. The van der Waals surface area contributed by atoms with Gasteiger partial charge >= 0.3 is 0 Å². The Morgan fingerprint density at radius 3 is 2.38 bits per heavy atom. The standard InChI is InChI=1S/C18H20BrNO4/c1-12(13-4-9-16(22-2)17(10-13)23-3)20-18(21)11-24-15-7-5-14(19)6-8-15/h4-10,12H,11H2,1-3H3,(H,20,21)/t12-/m1/s1. The molecule has 0 fully saturated rings. The van der Waals surface area contributed by atoms with Gasteiger partial charge in [0.2, 0.25) is 0 Å². The smallest absolute Gasteiger partial charge is 0.258 e. The Morgan fingerprint density at radius 2 is 1.75 bits per heavy atom. The van der Waals surface area contributed by atoms with Gasteiger partial charge in [-0.1, -0.05) is 22.0 Å². The molecule has 2 aromatic rings. The fraction of sp³-hybridized carbons (Fsp3) is 0.278. The minimum Gasteiger partial charge on any atom is -0.493 e. The lowest BCUT2D eigenvalue weighted by Crippen LogP contribution is -2.31. The van der Waals surface area contributed by atoms with Crippen molar-refractivity contribution in [2.75, 3.05) is 20.8 Å². The molecule has 24 heavy (non-hydrogen) atoms. The predicted octanol–water partition coefficient (Wildman–Crippen LogP) is 3.72. The largest absolute Gasteiger partial charge is 0.493 e. The Hall–Kier alpha value is -2.21. The van der Waals surface area contributed by atoms with Crippen LogP contribution in [0.4, 0.5) is 0 Å². The van der Waals surface area contributed by atoms with Crippen LogP contribution in [0.1, 0.15) is 18.5 Å². The molecule has 1 N–H and O–H groups in total. The molecule has 0 heterocycles. The number of carbonyl (C=O) groups is 1. The maximum Gasteiger partial charge on any atom is 0.258 e. The van der Waals surface area contributed by atoms with Gasteiger partial charge in [-0.05, 0) is 48.9 Å². The van der Waals surface area contributed by atoms with E-state index in [1.807, 2.05) is 37.3 Å². The summed E-state index contributed by atoms with van der Waals surface area (Å²) in [5.41, 5.74) is 0.921. The Morgan fingerprint density at radius 1 is 1.08 bits per heavy atom. The van der Waals surface area contributed by atoms with Crippen molar-refractivity contribution in [2.45, 2.75) is 13.0 Å². The van der Waals surface area contributed by atoms with Crippen LogP contribution >= 0.6 is 15.9 Å². The van der Waals surface area contributed by atoms with Gasteiger partial charge in [0.1, 0.15) is 5.75 Å². The summed E-state index contributed by atoms with van der Waals surface area (Å²) >= 11 is 3.35. The van der Waals surface area contributed by atoms with Crippen LogP contribution < -0.4 is 19.5 Å². The van der Waals surface area contributed by atoms with Gasteiger partial charge in [-0.15, -0.1) is 0 Å². The first-order chi connectivity index (χ1) is 11.5. The molecule has 0 aliphatic rings. The number of methoxy groups -OCH3 is 2. The van der Waals surface area contributed by atoms with E-state index in [9.17, 15) is 4.79 Å². The summed E-state index contributed by atoms with van der Waals surface area (Å²) in [5.74, 6) is 1.73. The first kappa shape index (κ1) is 18.1. The SMILES string of the molecule is COc1ccc([C@@H](C)NC(=O)COc2ccc(Br)cc2)cc1OC. The highest BCUT2D eigenvalue weighted by molar-refractivity contribution is 9.10. The second kappa shape index (κ2) is 8.59. The van der Waals surface area contributed by atoms with Crippen molar-refractivity contribution in [3.05, 3.63) is 52.5 Å². The first-order valence-corrected chi connectivity index (χ1v) is 8.22. The van der Waals surface area contributed by atoms with Gasteiger partial charge in [-0.25, -0.2) is 0 Å². The maximum absolute atomic E-state index is 12.0. The summed E-state index contributed by atoms with van der Waals surface area (Å²) in [6.45, 7) is 1.86. The molecule has 0 unspecified atom stereocenters. The van der Waals surface area contributed by atoms with Crippen molar-refractivity contribution in [1.82, 2.24) is 5.32 Å². The van der Waals surface area contributed by atoms with E-state index in [2.05, 4.69) is 21.2 Å². The molecule has 0 aromatic heterocycles. The van der Waals surface area contributed by atoms with Gasteiger partial charge in [0.15, 0.2) is 18.1 Å². The number of nitrogens with one attached hydrogen (secondary N) is 1. The van der Waals surface area contributed by atoms with Crippen LogP contribution in [0.15, 0.2) is 46.9 Å². The monoisotopic (exact) mass is 393 g/mol. The number of hydrogen-bond acceptors (Lipinski definition) is 4. The third kappa shape index (κ3) is 4.89. The second-order valence-corrected chi connectivity index (χ2v) is 6.06. The zero-order valence-electron chi connectivity index (χ0n) is 13.8. The molecular formula is C18H20BrNO4. The molecule has 6 heteroatoms. The zero-order valence-corrected chi connectivity index (χ0v) is 15.4. The normalized spacial score (nSPS) is 11.5. The number of benzene rings is 2. The first-order valence-electron chi connectivity index (χ1n) is 7.43. The molecule has 0 aliphatic heterocycles. The van der Waals surface area contributed by atoms with Gasteiger partial charge < -0.3 is 19.5 Å². The number of halogens is 1. The molecule has 0 radical (unpaired) electrons. The van der Waals surface area contributed by atoms with Crippen molar-refractivity contribution in [3.63, 3.8) is 0 Å². The van der Waals surface area contributed by atoms with Gasteiger partial charge in [-0.3, -0.25) is 4.79 Å². The van der Waals surface area contributed by atoms with E-state index in [1.54, 1.807) is 26.4 Å². The zero-order chi connectivity index (χ0) is 17.5. The lowest BCUT2D eigenvalue weighted by Gasteiger charge is -2.16. The lowest BCUT2D eigenvalue weighted by molar-refractivity contribution is -0.123. The molecule has 1 amide bonds. The van der Waals surface area contributed by atoms with Crippen LogP contribution in [0.5, 0.6) is 17.2 Å². The molecule has 0 spiro atoms. The minimum atomic E-state index is -0.194. The van der Waals surface area contributed by atoms with Crippen molar-refractivity contribution < 1.29 is 19.0 Å². The van der Waals surface area contributed by atoms with Crippen LogP contribution in [0.2, 0.25) is 0 Å². The van der Waals surface area contributed by atoms with E-state index in [4.69, 9.17) is 14.2 Å². The average Bonchev–Trinajstić information content (AvgIpc) is 2.60. The highest BCUT2D eigenvalue weighted by Gasteiger charge is 2.13. The minimum absolute atomic E-state index is 0.0424. The summed E-state index contributed by atoms with van der Waals surface area (Å²) < 4.78 is 16.9. The van der Waals surface area contributed by atoms with Gasteiger partial charge in [0, 0.05) is 4.47 Å². The van der Waals surface area contributed by atoms with Crippen LogP contribution in [0.25, 0.3) is 0 Å². The van der Waals surface area contributed by atoms with Crippen LogP contribution in [0, 0.1) is 0 Å². The Labute approximate surface area is 150 Å². The summed E-state index contributed by atoms with van der Waals surface area (Å²) in [6, 6.07) is 12.7. The fourth-order valence-electron chi connectivity index (χ4n) is 2.17. The summed E-state index contributed by atoms with van der Waals surface area (Å²) in [4.78, 5) is 12.0. The predicted molar refractivity (Wildman–Crippen MR) is 95.7 cm³/mol. The molecule has 5 nitrogen and oxygen atoms in total. The van der Waals surface area contributed by atoms with Gasteiger partial charge in [0.05, 0.1) is 20.3 Å². The van der Waals surface area contributed by atoms with Crippen LogP contribution in [0.3, 0.4) is 0 Å². The van der Waals surface area contributed by atoms with Crippen molar-refractivity contribution >= 4 is 21.8 Å². The molecule has 0 saturated carbocycles. The maximum atomic E-state index is 12.0. The molecular weight excluding hydrogens is 374 g/mol. The fourth-order valence-corrected chi connectivity index (χ4v) is 2.43. The molecule has 128 valence electrons. The summed E-state index contributed by atoms with van der Waals surface area (Å²) in [6.07, 6.45) is 0. The van der Waals surface area contributed by atoms with Gasteiger partial charge in [-0.2, -0.15) is 0 Å². The number of amides is 1. The van der Waals surface area contributed by atoms with E-state index in [-0.39, 0.29) is 18.6 Å². The van der Waals surface area contributed by atoms with Crippen molar-refractivity contribution in [1.29, 1.82) is 0 Å². The highest BCUT2D eigenvalue weighted by atomic mass is 79.9. The molecule has 1 atom stereocenters. The third-order valence-electron chi connectivity index (χ3n) is 3.47. The number of hydrogen-bond donors (Lipinski definition) is 1. The van der Waals surface area contributed by atoms with E-state index in [1.165, 1.54) is 0 Å². The third-order valence-corrected chi connectivity index (χ3v) is 4.00. The van der Waals surface area contributed by atoms with E-state index in [0.717, 1.165) is 10.0 Å². The molecule has 0 saturated heterocycles.